The number of Topliss-reactive ketones (excluding diaryl/α,β-unsaturated/α-hetero) is 1. The molecule has 3 aromatic rings. The second-order valence-corrected chi connectivity index (χ2v) is 7.72. The van der Waals surface area contributed by atoms with Crippen LogP contribution in [0.5, 0.6) is 11.5 Å². The second kappa shape index (κ2) is 10.1. The quantitative estimate of drug-likeness (QED) is 0.398. The molecule has 1 amide bonds. The van der Waals surface area contributed by atoms with Gasteiger partial charge in [-0.2, -0.15) is 0 Å². The van der Waals surface area contributed by atoms with Gasteiger partial charge in [0.2, 0.25) is 5.91 Å². The first-order chi connectivity index (χ1) is 14.9. The molecule has 3 rings (SSSR count). The molecule has 1 N–H and O–H groups in total. The Hall–Kier alpha value is -3.33. The first kappa shape index (κ1) is 22.4. The summed E-state index contributed by atoms with van der Waals surface area (Å²) in [5.41, 5.74) is 1.23. The van der Waals surface area contributed by atoms with Gasteiger partial charge in [0.05, 0.1) is 12.9 Å². The highest BCUT2D eigenvalue weighted by Gasteiger charge is 2.19. The van der Waals surface area contributed by atoms with E-state index < -0.39 is 0 Å². The summed E-state index contributed by atoms with van der Waals surface area (Å²) < 4.78 is 13.1. The lowest BCUT2D eigenvalue weighted by Crippen LogP contribution is -2.15. The van der Waals surface area contributed by atoms with Crippen LogP contribution >= 0.6 is 11.8 Å². The van der Waals surface area contributed by atoms with Gasteiger partial charge in [0.1, 0.15) is 0 Å². The van der Waals surface area contributed by atoms with E-state index in [2.05, 4.69) is 15.5 Å². The van der Waals surface area contributed by atoms with Gasteiger partial charge in [-0.15, -0.1) is 10.2 Å². The number of nitrogens with one attached hydrogen (secondary N) is 1. The summed E-state index contributed by atoms with van der Waals surface area (Å²) >= 11 is 1.28. The molecule has 162 valence electrons. The van der Waals surface area contributed by atoms with Crippen LogP contribution in [0.4, 0.5) is 5.69 Å². The minimum absolute atomic E-state index is 0.0181. The minimum atomic E-state index is -0.364. The topological polar surface area (TPSA) is 95.3 Å². The lowest BCUT2D eigenvalue weighted by Gasteiger charge is -2.16. The molecule has 2 aromatic carbocycles. The molecule has 0 aliphatic rings. The second-order valence-electron chi connectivity index (χ2n) is 6.78. The van der Waals surface area contributed by atoms with Crippen molar-refractivity contribution in [3.05, 3.63) is 59.9 Å². The number of ketones is 1. The Morgan fingerprint density at radius 2 is 1.77 bits per heavy atom. The molecule has 0 aliphatic heterocycles. The highest BCUT2D eigenvalue weighted by molar-refractivity contribution is 7.99. The smallest absolute Gasteiger partial charge is 0.234 e. The van der Waals surface area contributed by atoms with E-state index in [0.717, 1.165) is 0 Å². The summed E-state index contributed by atoms with van der Waals surface area (Å²) in [7, 11) is 3.42. The maximum Gasteiger partial charge on any atom is 0.234 e. The highest BCUT2D eigenvalue weighted by atomic mass is 32.2. The first-order valence-electron chi connectivity index (χ1n) is 9.61. The van der Waals surface area contributed by atoms with Crippen molar-refractivity contribution in [1.82, 2.24) is 14.8 Å². The van der Waals surface area contributed by atoms with Crippen molar-refractivity contribution in [3.8, 4) is 11.5 Å². The lowest BCUT2D eigenvalue weighted by molar-refractivity contribution is -0.113. The number of hydrogen-bond acceptors (Lipinski definition) is 7. The third kappa shape index (κ3) is 5.64. The maximum atomic E-state index is 12.3. The predicted molar refractivity (Wildman–Crippen MR) is 119 cm³/mol. The summed E-state index contributed by atoms with van der Waals surface area (Å²) in [5.74, 6) is 1.86. The van der Waals surface area contributed by atoms with Crippen molar-refractivity contribution < 1.29 is 19.1 Å². The number of thioether (sulfide) groups is 1. The standard InChI is InChI=1S/C22H24N4O4S/c1-14(27)16-9-11-17(12-10-16)23-20(28)13-31-22-25-24-21(26(22)3)15(2)30-19-8-6-5-7-18(19)29-4/h5-12,15H,13H2,1-4H3,(H,23,28). The average molecular weight is 441 g/mol. The molecule has 1 heterocycles. The van der Waals surface area contributed by atoms with Gasteiger partial charge in [-0.1, -0.05) is 23.9 Å². The van der Waals surface area contributed by atoms with E-state index in [1.54, 1.807) is 35.9 Å². The van der Waals surface area contributed by atoms with Gasteiger partial charge in [-0.25, -0.2) is 0 Å². The van der Waals surface area contributed by atoms with Crippen LogP contribution in [0.25, 0.3) is 0 Å². The van der Waals surface area contributed by atoms with E-state index in [0.29, 0.717) is 33.7 Å². The van der Waals surface area contributed by atoms with Crippen LogP contribution in [-0.4, -0.2) is 39.3 Å². The number of amides is 1. The molecule has 0 radical (unpaired) electrons. The zero-order chi connectivity index (χ0) is 22.4. The number of nitrogens with zero attached hydrogens (tertiary/aromatic N) is 3. The number of ether oxygens (including phenoxy) is 2. The Morgan fingerprint density at radius 1 is 1.10 bits per heavy atom. The number of carbonyl (C=O) groups excluding carboxylic acids is 2. The van der Waals surface area contributed by atoms with Crippen molar-refractivity contribution >= 4 is 29.1 Å². The fourth-order valence-corrected chi connectivity index (χ4v) is 3.60. The van der Waals surface area contributed by atoms with E-state index in [4.69, 9.17) is 9.47 Å². The molecule has 8 nitrogen and oxygen atoms in total. The number of aromatic nitrogens is 3. The van der Waals surface area contributed by atoms with Gasteiger partial charge < -0.3 is 19.4 Å². The summed E-state index contributed by atoms with van der Waals surface area (Å²) in [6, 6.07) is 14.2. The van der Waals surface area contributed by atoms with Crippen molar-refractivity contribution in [2.45, 2.75) is 25.1 Å². The fourth-order valence-electron chi connectivity index (χ4n) is 2.88. The summed E-state index contributed by atoms with van der Waals surface area (Å²) in [4.78, 5) is 23.6. The number of rotatable bonds is 9. The maximum absolute atomic E-state index is 12.3. The molecule has 31 heavy (non-hydrogen) atoms. The van der Waals surface area contributed by atoms with Crippen molar-refractivity contribution in [1.29, 1.82) is 0 Å². The summed E-state index contributed by atoms with van der Waals surface area (Å²) in [6.07, 6.45) is -0.364. The fraction of sp³-hybridized carbons (Fsp3) is 0.273. The molecule has 1 atom stereocenters. The zero-order valence-corrected chi connectivity index (χ0v) is 18.6. The Balaban J connectivity index is 1.58. The molecule has 0 saturated carbocycles. The van der Waals surface area contributed by atoms with Gasteiger partial charge in [0, 0.05) is 18.3 Å². The van der Waals surface area contributed by atoms with Crippen LogP contribution in [0.3, 0.4) is 0 Å². The number of methoxy groups -OCH3 is 1. The van der Waals surface area contributed by atoms with Crippen LogP contribution in [0.1, 0.15) is 36.1 Å². The summed E-state index contributed by atoms with van der Waals surface area (Å²) in [5, 5.41) is 11.8. The number of anilines is 1. The van der Waals surface area contributed by atoms with E-state index >= 15 is 0 Å². The largest absolute Gasteiger partial charge is 0.493 e. The third-order valence-corrected chi connectivity index (χ3v) is 5.53. The van der Waals surface area contributed by atoms with Crippen LogP contribution < -0.4 is 14.8 Å². The molecule has 9 heteroatoms. The third-order valence-electron chi connectivity index (χ3n) is 4.51. The van der Waals surface area contributed by atoms with Gasteiger partial charge in [-0.05, 0) is 50.2 Å². The minimum Gasteiger partial charge on any atom is -0.493 e. The Morgan fingerprint density at radius 3 is 2.42 bits per heavy atom. The zero-order valence-electron chi connectivity index (χ0n) is 17.8. The van der Waals surface area contributed by atoms with Gasteiger partial charge in [0.25, 0.3) is 0 Å². The van der Waals surface area contributed by atoms with E-state index in [1.165, 1.54) is 18.7 Å². The molecule has 1 unspecified atom stereocenters. The first-order valence-corrected chi connectivity index (χ1v) is 10.6. The normalized spacial score (nSPS) is 11.6. The predicted octanol–water partition coefficient (Wildman–Crippen LogP) is 3.90. The molecule has 0 saturated heterocycles. The molecule has 0 spiro atoms. The highest BCUT2D eigenvalue weighted by Crippen LogP contribution is 2.30. The number of hydrogen-bond donors (Lipinski definition) is 1. The van der Waals surface area contributed by atoms with Crippen LogP contribution in [0.15, 0.2) is 53.7 Å². The lowest BCUT2D eigenvalue weighted by atomic mass is 10.1. The molecule has 0 fully saturated rings. The number of benzene rings is 2. The molecule has 1 aromatic heterocycles. The Bertz CT molecular complexity index is 1070. The van der Waals surface area contributed by atoms with Gasteiger partial charge in [-0.3, -0.25) is 9.59 Å². The van der Waals surface area contributed by atoms with Crippen LogP contribution in [0, 0.1) is 0 Å². The Kier molecular flexibility index (Phi) is 7.30. The molecule has 0 bridgehead atoms. The van der Waals surface area contributed by atoms with Crippen molar-refractivity contribution in [2.75, 3.05) is 18.2 Å². The average Bonchev–Trinajstić information content (AvgIpc) is 3.13. The molecular formula is C22H24N4O4S. The summed E-state index contributed by atoms with van der Waals surface area (Å²) in [6.45, 7) is 3.38. The van der Waals surface area contributed by atoms with Gasteiger partial charge in [0.15, 0.2) is 34.4 Å². The van der Waals surface area contributed by atoms with Crippen molar-refractivity contribution in [3.63, 3.8) is 0 Å². The van der Waals surface area contributed by atoms with E-state index in [1.807, 2.05) is 38.2 Å². The van der Waals surface area contributed by atoms with Crippen LogP contribution in [0.2, 0.25) is 0 Å². The van der Waals surface area contributed by atoms with Crippen LogP contribution in [-0.2, 0) is 11.8 Å². The molecular weight excluding hydrogens is 416 g/mol. The molecule has 0 aliphatic carbocycles. The van der Waals surface area contributed by atoms with Gasteiger partial charge >= 0.3 is 0 Å². The number of para-hydroxylation sites is 2. The van der Waals surface area contributed by atoms with E-state index in [-0.39, 0.29) is 23.5 Å². The monoisotopic (exact) mass is 440 g/mol. The number of carbonyl (C=O) groups is 2. The van der Waals surface area contributed by atoms with E-state index in [9.17, 15) is 9.59 Å². The Labute approximate surface area is 185 Å². The SMILES string of the molecule is COc1ccccc1OC(C)c1nnc(SCC(=O)Nc2ccc(C(C)=O)cc2)n1C. The van der Waals surface area contributed by atoms with Crippen molar-refractivity contribution in [2.24, 2.45) is 7.05 Å².